The van der Waals surface area contributed by atoms with Crippen LogP contribution >= 0.6 is 11.9 Å². The first-order valence-electron chi connectivity index (χ1n) is 3.85. The molecule has 0 unspecified atom stereocenters. The van der Waals surface area contributed by atoms with Crippen LogP contribution < -0.4 is 5.73 Å². The van der Waals surface area contributed by atoms with Gasteiger partial charge in [-0.05, 0) is 12.7 Å². The molecule has 1 heterocycles. The Hall–Kier alpha value is 0.230. The number of nitrogens with zero attached hydrogens (tertiary/aromatic N) is 1. The van der Waals surface area contributed by atoms with Gasteiger partial charge in [-0.25, -0.2) is 4.31 Å². The maximum absolute atomic E-state index is 5.88. The fourth-order valence-corrected chi connectivity index (χ4v) is 2.00. The van der Waals surface area contributed by atoms with Gasteiger partial charge in [-0.1, -0.05) is 11.9 Å². The largest absolute Gasteiger partial charge is 0.380 e. The molecule has 0 amide bonds. The Kier molecular flexibility index (Phi) is 3.65. The third-order valence-electron chi connectivity index (χ3n) is 2.12. The number of methoxy groups -OCH3 is 1. The van der Waals surface area contributed by atoms with Crippen LogP contribution in [0.1, 0.15) is 6.42 Å². The number of hydrogen-bond donors (Lipinski definition) is 1. The molecule has 1 fully saturated rings. The molecule has 1 aliphatic rings. The topological polar surface area (TPSA) is 38.5 Å². The van der Waals surface area contributed by atoms with Crippen molar-refractivity contribution in [2.24, 2.45) is 5.73 Å². The molecule has 0 aromatic rings. The second kappa shape index (κ2) is 4.30. The lowest BCUT2D eigenvalue weighted by atomic mass is 10.1. The zero-order valence-electron chi connectivity index (χ0n) is 7.12. The summed E-state index contributed by atoms with van der Waals surface area (Å²) >= 11 is 1.76. The van der Waals surface area contributed by atoms with Crippen LogP contribution in [0.25, 0.3) is 0 Å². The predicted molar refractivity (Wildman–Crippen MR) is 48.5 cm³/mol. The van der Waals surface area contributed by atoms with Crippen molar-refractivity contribution in [2.45, 2.75) is 18.6 Å². The van der Waals surface area contributed by atoms with Gasteiger partial charge in [-0.15, -0.1) is 0 Å². The van der Waals surface area contributed by atoms with E-state index in [2.05, 4.69) is 10.6 Å². The molecule has 0 radical (unpaired) electrons. The molecular formula is C7H16N2OS. The van der Waals surface area contributed by atoms with Gasteiger partial charge in [0.15, 0.2) is 0 Å². The van der Waals surface area contributed by atoms with Crippen LogP contribution in [0, 0.1) is 0 Å². The highest BCUT2D eigenvalue weighted by molar-refractivity contribution is 7.96. The van der Waals surface area contributed by atoms with Crippen LogP contribution in [0.3, 0.4) is 0 Å². The molecule has 4 heteroatoms. The van der Waals surface area contributed by atoms with E-state index < -0.39 is 0 Å². The molecule has 0 aromatic carbocycles. The molecule has 0 bridgehead atoms. The van der Waals surface area contributed by atoms with Gasteiger partial charge in [0.25, 0.3) is 0 Å². The van der Waals surface area contributed by atoms with Crippen molar-refractivity contribution >= 4 is 11.9 Å². The van der Waals surface area contributed by atoms with Gasteiger partial charge >= 0.3 is 0 Å². The summed E-state index contributed by atoms with van der Waals surface area (Å²) in [5, 5.41) is 0. The molecule has 2 N–H and O–H groups in total. The van der Waals surface area contributed by atoms with E-state index in [1.54, 1.807) is 19.1 Å². The molecule has 1 aliphatic heterocycles. The van der Waals surface area contributed by atoms with Gasteiger partial charge in [-0.3, -0.25) is 0 Å². The molecule has 0 aromatic heterocycles. The zero-order chi connectivity index (χ0) is 8.27. The van der Waals surface area contributed by atoms with Crippen LogP contribution in [0.2, 0.25) is 0 Å². The molecule has 66 valence electrons. The van der Waals surface area contributed by atoms with Gasteiger partial charge in [0.2, 0.25) is 0 Å². The van der Waals surface area contributed by atoms with Gasteiger partial charge in [0.05, 0.1) is 6.10 Å². The van der Waals surface area contributed by atoms with E-state index in [0.29, 0.717) is 0 Å². The minimum atomic E-state index is 0.182. The summed E-state index contributed by atoms with van der Waals surface area (Å²) in [7, 11) is 1.74. The first kappa shape index (κ1) is 9.32. The minimum Gasteiger partial charge on any atom is -0.380 e. The first-order chi connectivity index (χ1) is 5.27. The van der Waals surface area contributed by atoms with Crippen LogP contribution in [-0.2, 0) is 4.74 Å². The Balaban J connectivity index is 2.34. The Morgan fingerprint density at radius 3 is 2.82 bits per heavy atom. The Bertz CT molecular complexity index is 123. The van der Waals surface area contributed by atoms with E-state index in [1.807, 2.05) is 0 Å². The number of rotatable bonds is 2. The lowest BCUT2D eigenvalue weighted by Gasteiger charge is -2.34. The third kappa shape index (κ3) is 2.33. The lowest BCUT2D eigenvalue weighted by Crippen LogP contribution is -2.49. The van der Waals surface area contributed by atoms with E-state index in [-0.39, 0.29) is 12.1 Å². The van der Waals surface area contributed by atoms with Gasteiger partial charge < -0.3 is 10.5 Å². The highest BCUT2D eigenvalue weighted by Gasteiger charge is 2.25. The summed E-state index contributed by atoms with van der Waals surface area (Å²) in [4.78, 5) is 0. The van der Waals surface area contributed by atoms with Gasteiger partial charge in [0, 0.05) is 26.2 Å². The smallest absolute Gasteiger partial charge is 0.0747 e. The Morgan fingerprint density at radius 1 is 1.64 bits per heavy atom. The highest BCUT2D eigenvalue weighted by Crippen LogP contribution is 2.17. The van der Waals surface area contributed by atoms with E-state index >= 15 is 0 Å². The standard InChI is InChI=1S/C7H16N2OS/c1-10-7-3-4-9(11-2)5-6(7)8/h6-7H,3-5,8H2,1-2H3/t6-,7+/m0/s1. The van der Waals surface area contributed by atoms with Crippen LogP contribution in [-0.4, -0.2) is 42.9 Å². The summed E-state index contributed by atoms with van der Waals surface area (Å²) in [6.45, 7) is 2.03. The molecule has 1 saturated heterocycles. The first-order valence-corrected chi connectivity index (χ1v) is 5.03. The maximum atomic E-state index is 5.88. The van der Waals surface area contributed by atoms with Gasteiger partial charge in [0.1, 0.15) is 0 Å². The van der Waals surface area contributed by atoms with Crippen molar-refractivity contribution in [3.05, 3.63) is 0 Å². The maximum Gasteiger partial charge on any atom is 0.0747 e. The zero-order valence-corrected chi connectivity index (χ0v) is 7.93. The summed E-state index contributed by atoms with van der Waals surface area (Å²) in [6, 6.07) is 0.182. The minimum absolute atomic E-state index is 0.182. The number of ether oxygens (including phenoxy) is 1. The molecule has 0 saturated carbocycles. The van der Waals surface area contributed by atoms with Crippen molar-refractivity contribution in [3.8, 4) is 0 Å². The Morgan fingerprint density at radius 2 is 2.36 bits per heavy atom. The average Bonchev–Trinajstić information content (AvgIpc) is 2.04. The van der Waals surface area contributed by atoms with Crippen molar-refractivity contribution < 1.29 is 4.74 Å². The van der Waals surface area contributed by atoms with Crippen molar-refractivity contribution in [3.63, 3.8) is 0 Å². The fourth-order valence-electron chi connectivity index (χ4n) is 1.39. The SMILES string of the molecule is CO[C@@H]1CCN(SC)C[C@@H]1N. The van der Waals surface area contributed by atoms with Crippen LogP contribution in [0.4, 0.5) is 0 Å². The fraction of sp³-hybridized carbons (Fsp3) is 1.00. The van der Waals surface area contributed by atoms with Crippen molar-refractivity contribution in [2.75, 3.05) is 26.5 Å². The van der Waals surface area contributed by atoms with E-state index in [1.165, 1.54) is 0 Å². The van der Waals surface area contributed by atoms with E-state index in [4.69, 9.17) is 10.5 Å². The van der Waals surface area contributed by atoms with E-state index in [9.17, 15) is 0 Å². The summed E-state index contributed by atoms with van der Waals surface area (Å²) in [5.74, 6) is 0. The van der Waals surface area contributed by atoms with Crippen LogP contribution in [0.5, 0.6) is 0 Å². The van der Waals surface area contributed by atoms with Gasteiger partial charge in [-0.2, -0.15) is 0 Å². The quantitative estimate of drug-likeness (QED) is 0.615. The highest BCUT2D eigenvalue weighted by atomic mass is 32.2. The van der Waals surface area contributed by atoms with Crippen molar-refractivity contribution in [1.29, 1.82) is 0 Å². The molecule has 3 nitrogen and oxygen atoms in total. The monoisotopic (exact) mass is 176 g/mol. The summed E-state index contributed by atoms with van der Waals surface area (Å²) in [6.07, 6.45) is 3.40. The molecule has 2 atom stereocenters. The van der Waals surface area contributed by atoms with E-state index in [0.717, 1.165) is 19.5 Å². The summed E-state index contributed by atoms with van der Waals surface area (Å²) < 4.78 is 7.51. The molecular weight excluding hydrogens is 160 g/mol. The number of nitrogens with two attached hydrogens (primary N) is 1. The third-order valence-corrected chi connectivity index (χ3v) is 2.96. The number of hydrogen-bond acceptors (Lipinski definition) is 4. The Labute approximate surface area is 72.4 Å². The molecule has 0 aliphatic carbocycles. The average molecular weight is 176 g/mol. The van der Waals surface area contributed by atoms with Crippen LogP contribution in [0.15, 0.2) is 0 Å². The molecule has 0 spiro atoms. The molecule has 11 heavy (non-hydrogen) atoms. The van der Waals surface area contributed by atoms with Crippen molar-refractivity contribution in [1.82, 2.24) is 4.31 Å². The second-order valence-electron chi connectivity index (χ2n) is 2.80. The normalized spacial score (nSPS) is 34.1. The summed E-state index contributed by atoms with van der Waals surface area (Å²) in [5.41, 5.74) is 5.88. The second-order valence-corrected chi connectivity index (χ2v) is 3.68. The molecule has 1 rings (SSSR count). The number of piperidine rings is 1. The lowest BCUT2D eigenvalue weighted by molar-refractivity contribution is 0.0459. The predicted octanol–water partition coefficient (Wildman–Crippen LogP) is 0.312.